The monoisotopic (exact) mass is 542 g/mol. The summed E-state index contributed by atoms with van der Waals surface area (Å²) in [6.07, 6.45) is 0. The van der Waals surface area contributed by atoms with Crippen LogP contribution in [0.3, 0.4) is 0 Å². The highest BCUT2D eigenvalue weighted by molar-refractivity contribution is 8.01. The normalized spacial score (nSPS) is 20.0. The molecule has 2 unspecified atom stereocenters. The van der Waals surface area contributed by atoms with E-state index in [4.69, 9.17) is 10.6 Å². The van der Waals surface area contributed by atoms with Crippen molar-refractivity contribution in [1.82, 2.24) is 25.4 Å². The zero-order valence-electron chi connectivity index (χ0n) is 17.7. The Labute approximate surface area is 209 Å². The number of aromatic nitrogens is 3. The van der Waals surface area contributed by atoms with Gasteiger partial charge in [-0.15, -0.1) is 33.3 Å². The molecule has 5 N–H and O–H groups in total. The minimum absolute atomic E-state index is 0.0665. The van der Waals surface area contributed by atoms with Crippen LogP contribution in [0.1, 0.15) is 5.69 Å². The first kappa shape index (κ1) is 24.2. The third-order valence-electron chi connectivity index (χ3n) is 4.69. The molecular weight excluding hydrogens is 525 g/mol. The number of fused-ring (bicyclic) bond motifs is 1. The number of rotatable bonds is 9. The van der Waals surface area contributed by atoms with E-state index < -0.39 is 29.2 Å². The minimum atomic E-state index is -1.20. The highest BCUT2D eigenvalue weighted by Gasteiger charge is 2.54. The fourth-order valence-corrected chi connectivity index (χ4v) is 6.95. The maximum Gasteiger partial charge on any atom is 0.352 e. The molecule has 17 heteroatoms. The van der Waals surface area contributed by atoms with Crippen LogP contribution in [0.4, 0.5) is 10.3 Å². The van der Waals surface area contributed by atoms with Crippen molar-refractivity contribution in [3.63, 3.8) is 0 Å². The Hall–Kier alpha value is -2.89. The first-order chi connectivity index (χ1) is 16.3. The molecule has 2 atom stereocenters. The van der Waals surface area contributed by atoms with E-state index in [-0.39, 0.29) is 22.2 Å². The lowest BCUT2D eigenvalue weighted by Crippen LogP contribution is -2.71. The fraction of sp³-hybridized carbons (Fsp3) is 0.353. The fourth-order valence-electron chi connectivity index (χ4n) is 3.21. The Balaban J connectivity index is 1.48. The standard InChI is InChI=1S/C17H18N8O5S4/c1-19-16-22-23-17(34-16)33-4-6-3-31-13-9(12(27)25(13)10(6)14(28)29)21-11(26)8(24-30-2)7-5-32-15(18)20-7/h5,9,13H,3-4H2,1-2H3,(H2,18,20)(H,19,22)(H,21,26)(H,28,29)/b24-8+. The van der Waals surface area contributed by atoms with Crippen LogP contribution in [0.5, 0.6) is 0 Å². The number of carboxylic acid groups (broad SMARTS) is 1. The number of carbonyl (C=O) groups is 3. The van der Waals surface area contributed by atoms with Crippen LogP contribution in [0.15, 0.2) is 26.1 Å². The summed E-state index contributed by atoms with van der Waals surface area (Å²) in [6, 6.07) is -0.916. The van der Waals surface area contributed by atoms with E-state index in [1.807, 2.05) is 0 Å². The van der Waals surface area contributed by atoms with Gasteiger partial charge in [-0.05, 0) is 5.57 Å². The number of nitrogens with zero attached hydrogens (tertiary/aromatic N) is 5. The number of nitrogens with two attached hydrogens (primary N) is 1. The number of hydrogen-bond acceptors (Lipinski definition) is 14. The number of thioether (sulfide) groups is 2. The number of anilines is 2. The van der Waals surface area contributed by atoms with E-state index in [0.717, 1.165) is 11.3 Å². The molecule has 34 heavy (non-hydrogen) atoms. The van der Waals surface area contributed by atoms with E-state index >= 15 is 0 Å². The summed E-state index contributed by atoms with van der Waals surface area (Å²) in [7, 11) is 3.01. The van der Waals surface area contributed by atoms with Crippen molar-refractivity contribution in [3.8, 4) is 0 Å². The first-order valence-corrected chi connectivity index (χ1v) is 13.2. The molecule has 2 amide bonds. The number of nitrogens with one attached hydrogen (secondary N) is 2. The van der Waals surface area contributed by atoms with Crippen molar-refractivity contribution in [2.75, 3.05) is 36.7 Å². The van der Waals surface area contributed by atoms with E-state index in [1.165, 1.54) is 46.9 Å². The van der Waals surface area contributed by atoms with E-state index in [2.05, 4.69) is 31.0 Å². The third kappa shape index (κ3) is 4.68. The van der Waals surface area contributed by atoms with Gasteiger partial charge >= 0.3 is 5.97 Å². The van der Waals surface area contributed by atoms with Gasteiger partial charge in [0.15, 0.2) is 15.2 Å². The summed E-state index contributed by atoms with van der Waals surface area (Å²) in [5, 5.41) is 28.9. The second-order valence-corrected chi connectivity index (χ2v) is 10.9. The minimum Gasteiger partial charge on any atom is -0.477 e. The quantitative estimate of drug-likeness (QED) is 0.149. The number of carbonyl (C=O) groups excluding carboxylic acids is 2. The zero-order valence-corrected chi connectivity index (χ0v) is 20.9. The summed E-state index contributed by atoms with van der Waals surface area (Å²) in [6.45, 7) is 0. The van der Waals surface area contributed by atoms with Crippen molar-refractivity contribution >= 4 is 80.0 Å². The Morgan fingerprint density at radius 2 is 2.24 bits per heavy atom. The molecule has 0 aromatic carbocycles. The van der Waals surface area contributed by atoms with Crippen LogP contribution >= 0.6 is 46.2 Å². The molecule has 2 aliphatic rings. The van der Waals surface area contributed by atoms with Gasteiger partial charge in [0.05, 0.1) is 0 Å². The molecule has 4 rings (SSSR count). The second-order valence-electron chi connectivity index (χ2n) is 6.72. The van der Waals surface area contributed by atoms with Gasteiger partial charge in [-0.3, -0.25) is 14.5 Å². The van der Waals surface area contributed by atoms with Crippen LogP contribution in [-0.4, -0.2) is 85.8 Å². The lowest BCUT2D eigenvalue weighted by atomic mass is 10.0. The predicted molar refractivity (Wildman–Crippen MR) is 130 cm³/mol. The molecule has 4 heterocycles. The summed E-state index contributed by atoms with van der Waals surface area (Å²) in [5.74, 6) is -1.67. The lowest BCUT2D eigenvalue weighted by molar-refractivity contribution is -0.150. The Kier molecular flexibility index (Phi) is 7.24. The molecule has 180 valence electrons. The molecular formula is C17H18N8O5S4. The van der Waals surface area contributed by atoms with Crippen molar-refractivity contribution < 1.29 is 24.3 Å². The topological polar surface area (TPSA) is 185 Å². The summed E-state index contributed by atoms with van der Waals surface area (Å²) in [5.41, 5.74) is 6.24. The zero-order chi connectivity index (χ0) is 24.4. The summed E-state index contributed by atoms with van der Waals surface area (Å²) >= 11 is 5.20. The number of amides is 2. The highest BCUT2D eigenvalue weighted by atomic mass is 32.2. The Morgan fingerprint density at radius 1 is 1.44 bits per heavy atom. The molecule has 0 radical (unpaired) electrons. The van der Waals surface area contributed by atoms with Crippen LogP contribution in [0.2, 0.25) is 0 Å². The second kappa shape index (κ2) is 10.2. The average molecular weight is 543 g/mol. The van der Waals surface area contributed by atoms with Crippen molar-refractivity contribution in [2.24, 2.45) is 5.16 Å². The summed E-state index contributed by atoms with van der Waals surface area (Å²) in [4.78, 5) is 47.7. The molecule has 1 saturated heterocycles. The highest BCUT2D eigenvalue weighted by Crippen LogP contribution is 2.42. The number of β-lactam (4-membered cyclic amide) rings is 1. The van der Waals surface area contributed by atoms with Gasteiger partial charge < -0.3 is 26.3 Å². The van der Waals surface area contributed by atoms with Crippen LogP contribution in [0, 0.1) is 0 Å². The third-order valence-corrected chi connectivity index (χ3v) is 8.86. The van der Waals surface area contributed by atoms with Gasteiger partial charge in [-0.1, -0.05) is 28.3 Å². The maximum atomic E-state index is 12.9. The van der Waals surface area contributed by atoms with Crippen LogP contribution in [-0.2, 0) is 19.2 Å². The number of hydrogen-bond donors (Lipinski definition) is 4. The number of oxime groups is 1. The predicted octanol–water partition coefficient (Wildman–Crippen LogP) is 0.500. The molecule has 2 aliphatic heterocycles. The smallest absolute Gasteiger partial charge is 0.352 e. The summed E-state index contributed by atoms with van der Waals surface area (Å²) < 4.78 is 0.682. The van der Waals surface area contributed by atoms with Gasteiger partial charge in [0.2, 0.25) is 5.13 Å². The molecule has 0 saturated carbocycles. The van der Waals surface area contributed by atoms with Crippen molar-refractivity contribution in [2.45, 2.75) is 15.8 Å². The van der Waals surface area contributed by atoms with Gasteiger partial charge in [0.1, 0.15) is 29.9 Å². The molecule has 2 aromatic rings. The first-order valence-electron chi connectivity index (χ1n) is 9.51. The van der Waals surface area contributed by atoms with Crippen LogP contribution in [0.25, 0.3) is 0 Å². The maximum absolute atomic E-state index is 12.9. The van der Waals surface area contributed by atoms with Crippen LogP contribution < -0.4 is 16.4 Å². The molecule has 0 spiro atoms. The number of carboxylic acids is 1. The van der Waals surface area contributed by atoms with Gasteiger partial charge in [0, 0.05) is 23.9 Å². The van der Waals surface area contributed by atoms with Crippen molar-refractivity contribution in [1.29, 1.82) is 0 Å². The van der Waals surface area contributed by atoms with Gasteiger partial charge in [-0.25, -0.2) is 9.78 Å². The average Bonchev–Trinajstić information content (AvgIpc) is 3.47. The molecule has 2 aromatic heterocycles. The number of thiazole rings is 1. The number of aliphatic carboxylic acids is 1. The molecule has 0 aliphatic carbocycles. The lowest BCUT2D eigenvalue weighted by Gasteiger charge is -2.49. The van der Waals surface area contributed by atoms with Gasteiger partial charge in [-0.2, -0.15) is 0 Å². The van der Waals surface area contributed by atoms with Crippen molar-refractivity contribution in [3.05, 3.63) is 22.3 Å². The van der Waals surface area contributed by atoms with E-state index in [9.17, 15) is 19.5 Å². The number of nitrogen functional groups attached to an aromatic ring is 1. The van der Waals surface area contributed by atoms with E-state index in [0.29, 0.717) is 26.6 Å². The molecule has 0 bridgehead atoms. The Morgan fingerprint density at radius 3 is 2.85 bits per heavy atom. The molecule has 1 fully saturated rings. The van der Waals surface area contributed by atoms with Gasteiger partial charge in [0.25, 0.3) is 11.8 Å². The molecule has 13 nitrogen and oxygen atoms in total. The Bertz CT molecular complexity index is 1190. The van der Waals surface area contributed by atoms with E-state index in [1.54, 1.807) is 12.4 Å². The largest absolute Gasteiger partial charge is 0.477 e. The SMILES string of the molecule is CNc1nnc(SCC2=C(C(=O)O)N3C(=O)C(NC(=O)/C(=N/OC)c4csc(N)n4)C3SC2)s1.